The number of anilines is 1. The van der Waals surface area contributed by atoms with Crippen molar-refractivity contribution in [3.05, 3.63) is 63.2 Å². The maximum atomic E-state index is 12.6. The van der Waals surface area contributed by atoms with E-state index in [0.29, 0.717) is 42.9 Å². The van der Waals surface area contributed by atoms with Gasteiger partial charge in [0, 0.05) is 3.57 Å². The highest BCUT2D eigenvalue weighted by atomic mass is 127. The number of nitrogens with zero attached hydrogens (tertiary/aromatic N) is 1. The molecule has 2 fully saturated rings. The Morgan fingerprint density at radius 2 is 1.20 bits per heavy atom. The lowest BCUT2D eigenvalue weighted by Gasteiger charge is -2.27. The molecule has 2 aliphatic carbocycles. The van der Waals surface area contributed by atoms with E-state index in [4.69, 9.17) is 28.5 Å². The summed E-state index contributed by atoms with van der Waals surface area (Å²) in [5.41, 5.74) is 0.156. The molecule has 0 unspecified atom stereocenters. The molecule has 0 radical (unpaired) electrons. The standard InChI is InChI=1S/C18H25NO5.C10H18O3.C9H9IO2.CH4/c1-5-22-16(20)14-8-6-7-9-15(14)19(23-12-13-10-11-13)17(21)24-18(2,3)4;1-10(2,3)13-9(11)7-12-6-8-4-5-8;1-2-12-9(11)7-5-3-4-6-8(7)10;/h6-9,13H,5,10-12H2,1-4H3;8H,4-7H2,1-3H3;3-6H,2H2,1H3;1H4. The summed E-state index contributed by atoms with van der Waals surface area (Å²) in [4.78, 5) is 52.8. The molecule has 2 aliphatic rings. The number of esters is 3. The fraction of sp³-hybridized carbons (Fsp3) is 0.579. The van der Waals surface area contributed by atoms with Crippen molar-refractivity contribution < 1.29 is 47.7 Å². The van der Waals surface area contributed by atoms with Crippen LogP contribution in [0.2, 0.25) is 0 Å². The highest BCUT2D eigenvalue weighted by Crippen LogP contribution is 2.31. The van der Waals surface area contributed by atoms with Gasteiger partial charge < -0.3 is 23.7 Å². The van der Waals surface area contributed by atoms with Gasteiger partial charge in [-0.15, -0.1) is 0 Å². The van der Waals surface area contributed by atoms with Crippen molar-refractivity contribution in [3.8, 4) is 0 Å². The first-order valence-corrected chi connectivity index (χ1v) is 17.8. The first kappa shape index (κ1) is 44.8. The first-order chi connectivity index (χ1) is 23.0. The Balaban J connectivity index is 0.000000407. The summed E-state index contributed by atoms with van der Waals surface area (Å²) in [7, 11) is 0. The molecule has 0 spiro atoms. The van der Waals surface area contributed by atoms with Crippen LogP contribution in [0, 0.1) is 15.4 Å². The summed E-state index contributed by atoms with van der Waals surface area (Å²) in [5, 5.41) is 1.07. The Hall–Kier alpha value is -3.23. The van der Waals surface area contributed by atoms with Crippen molar-refractivity contribution in [2.24, 2.45) is 11.8 Å². The smallest absolute Gasteiger partial charge is 0.439 e. The average molecular weight is 814 g/mol. The molecular weight excluding hydrogens is 757 g/mol. The summed E-state index contributed by atoms with van der Waals surface area (Å²) < 4.78 is 26.5. The first-order valence-electron chi connectivity index (χ1n) is 16.7. The Bertz CT molecular complexity index is 1360. The minimum atomic E-state index is -0.669. The molecule has 0 saturated heterocycles. The van der Waals surface area contributed by atoms with Crippen molar-refractivity contribution in [1.29, 1.82) is 0 Å². The lowest BCUT2D eigenvalue weighted by Crippen LogP contribution is -2.38. The van der Waals surface area contributed by atoms with E-state index in [9.17, 15) is 19.2 Å². The molecule has 0 aromatic heterocycles. The van der Waals surface area contributed by atoms with E-state index in [-0.39, 0.29) is 38.1 Å². The Labute approximate surface area is 311 Å². The van der Waals surface area contributed by atoms with Crippen LogP contribution in [-0.4, -0.2) is 68.2 Å². The number of hydrogen-bond donors (Lipinski definition) is 0. The SMILES string of the molecule is C.CC(C)(C)OC(=O)COCC1CC1.CCOC(=O)c1ccccc1I.CCOC(=O)c1ccccc1N(OCC1CC1)C(=O)OC(C)(C)C. The van der Waals surface area contributed by atoms with Gasteiger partial charge in [-0.1, -0.05) is 31.7 Å². The quantitative estimate of drug-likeness (QED) is 0.0888. The van der Waals surface area contributed by atoms with Crippen LogP contribution in [0.4, 0.5) is 10.5 Å². The Morgan fingerprint density at radius 3 is 1.70 bits per heavy atom. The zero-order valence-corrected chi connectivity index (χ0v) is 32.2. The molecule has 0 bridgehead atoms. The van der Waals surface area contributed by atoms with E-state index < -0.39 is 23.3 Å². The zero-order chi connectivity index (χ0) is 36.6. The van der Waals surface area contributed by atoms with Gasteiger partial charge >= 0.3 is 24.0 Å². The van der Waals surface area contributed by atoms with E-state index in [1.807, 2.05) is 39.0 Å². The van der Waals surface area contributed by atoms with Gasteiger partial charge in [-0.3, -0.25) is 4.84 Å². The number of carbonyl (C=O) groups excluding carboxylic acids is 4. The minimum absolute atomic E-state index is 0. The number of carbonyl (C=O) groups is 4. The molecular formula is C38H56INO10. The van der Waals surface area contributed by atoms with Gasteiger partial charge in [0.15, 0.2) is 0 Å². The fourth-order valence-corrected chi connectivity index (χ4v) is 4.43. The molecule has 12 heteroatoms. The third-order valence-corrected chi connectivity index (χ3v) is 7.31. The number of amides is 1. The number of hydroxylamine groups is 1. The van der Waals surface area contributed by atoms with Crippen molar-refractivity contribution >= 4 is 52.3 Å². The van der Waals surface area contributed by atoms with Crippen LogP contribution >= 0.6 is 22.6 Å². The summed E-state index contributed by atoms with van der Waals surface area (Å²) in [6.07, 6.45) is 4.01. The van der Waals surface area contributed by atoms with E-state index >= 15 is 0 Å². The van der Waals surface area contributed by atoms with Crippen LogP contribution in [-0.2, 0) is 33.3 Å². The van der Waals surface area contributed by atoms with Crippen molar-refractivity contribution in [2.45, 2.75) is 99.7 Å². The summed E-state index contributed by atoms with van der Waals surface area (Å²) in [6, 6.07) is 14.1. The molecule has 2 saturated carbocycles. The monoisotopic (exact) mass is 813 g/mol. The van der Waals surface area contributed by atoms with Gasteiger partial charge in [-0.25, -0.2) is 19.2 Å². The Morgan fingerprint density at radius 1 is 0.720 bits per heavy atom. The second-order valence-electron chi connectivity index (χ2n) is 13.5. The lowest BCUT2D eigenvalue weighted by molar-refractivity contribution is -0.160. The zero-order valence-electron chi connectivity index (χ0n) is 30.0. The van der Waals surface area contributed by atoms with Crippen molar-refractivity contribution in [3.63, 3.8) is 0 Å². The number of halogens is 1. The summed E-state index contributed by atoms with van der Waals surface area (Å²) in [6.45, 7) is 16.3. The van der Waals surface area contributed by atoms with Gasteiger partial charge in [0.25, 0.3) is 0 Å². The van der Waals surface area contributed by atoms with Gasteiger partial charge in [-0.05, 0) is 140 Å². The number of rotatable bonds is 12. The van der Waals surface area contributed by atoms with E-state index in [1.54, 1.807) is 65.0 Å². The van der Waals surface area contributed by atoms with Crippen LogP contribution in [0.3, 0.4) is 0 Å². The molecule has 4 rings (SSSR count). The maximum absolute atomic E-state index is 12.6. The highest BCUT2D eigenvalue weighted by molar-refractivity contribution is 14.1. The van der Waals surface area contributed by atoms with Gasteiger partial charge in [0.2, 0.25) is 0 Å². The topological polar surface area (TPSA) is 127 Å². The van der Waals surface area contributed by atoms with Gasteiger partial charge in [0.1, 0.15) is 17.8 Å². The van der Waals surface area contributed by atoms with Gasteiger partial charge in [-0.2, -0.15) is 5.06 Å². The normalized spacial score (nSPS) is 13.5. The summed E-state index contributed by atoms with van der Waals surface area (Å²) in [5.74, 6) is 0.124. The second-order valence-corrected chi connectivity index (χ2v) is 14.7. The fourth-order valence-electron chi connectivity index (χ4n) is 3.82. The molecule has 0 N–H and O–H groups in total. The minimum Gasteiger partial charge on any atom is -0.462 e. The number of ether oxygens (including phenoxy) is 5. The molecule has 11 nitrogen and oxygen atoms in total. The predicted octanol–water partition coefficient (Wildman–Crippen LogP) is 8.81. The average Bonchev–Trinajstić information content (AvgIpc) is 3.94. The number of para-hydroxylation sites is 1. The van der Waals surface area contributed by atoms with Crippen LogP contribution in [0.1, 0.15) is 109 Å². The number of benzene rings is 2. The van der Waals surface area contributed by atoms with Crippen LogP contribution in [0.5, 0.6) is 0 Å². The van der Waals surface area contributed by atoms with E-state index in [1.165, 1.54) is 12.8 Å². The van der Waals surface area contributed by atoms with Crippen LogP contribution in [0.15, 0.2) is 48.5 Å². The third kappa shape index (κ3) is 18.7. The molecule has 0 aliphatic heterocycles. The van der Waals surface area contributed by atoms with E-state index in [2.05, 4.69) is 22.6 Å². The van der Waals surface area contributed by atoms with Crippen molar-refractivity contribution in [2.75, 3.05) is 38.1 Å². The Kier molecular flexibility index (Phi) is 19.6. The molecule has 2 aromatic rings. The largest absolute Gasteiger partial charge is 0.462 e. The predicted molar refractivity (Wildman–Crippen MR) is 201 cm³/mol. The van der Waals surface area contributed by atoms with E-state index in [0.717, 1.165) is 21.5 Å². The van der Waals surface area contributed by atoms with Crippen molar-refractivity contribution in [1.82, 2.24) is 0 Å². The molecule has 1 amide bonds. The number of hydrogen-bond acceptors (Lipinski definition) is 10. The molecule has 280 valence electrons. The molecule has 0 atom stereocenters. The summed E-state index contributed by atoms with van der Waals surface area (Å²) >= 11 is 2.11. The van der Waals surface area contributed by atoms with Crippen LogP contribution < -0.4 is 5.06 Å². The molecule has 2 aromatic carbocycles. The van der Waals surface area contributed by atoms with Crippen LogP contribution in [0.25, 0.3) is 0 Å². The third-order valence-electron chi connectivity index (χ3n) is 6.37. The second kappa shape index (κ2) is 21.9. The maximum Gasteiger partial charge on any atom is 0.439 e. The molecule has 50 heavy (non-hydrogen) atoms. The van der Waals surface area contributed by atoms with Gasteiger partial charge in [0.05, 0.1) is 43.2 Å². The lowest BCUT2D eigenvalue weighted by atomic mass is 10.1. The highest BCUT2D eigenvalue weighted by Gasteiger charge is 2.31. The molecule has 0 heterocycles.